The molecule has 1 spiro atoms. The quantitative estimate of drug-likeness (QED) is 0.849. The molecule has 1 aromatic rings. The van der Waals surface area contributed by atoms with E-state index in [0.717, 1.165) is 6.42 Å². The van der Waals surface area contributed by atoms with E-state index < -0.39 is 11.4 Å². The minimum Gasteiger partial charge on any atom is -0.489 e. The Morgan fingerprint density at radius 2 is 2.00 bits per heavy atom. The van der Waals surface area contributed by atoms with Crippen LogP contribution in [0.5, 0.6) is 5.75 Å². The van der Waals surface area contributed by atoms with E-state index in [1.807, 2.05) is 0 Å². The van der Waals surface area contributed by atoms with Crippen LogP contribution in [-0.4, -0.2) is 35.5 Å². The van der Waals surface area contributed by atoms with E-state index in [4.69, 9.17) is 4.74 Å². The van der Waals surface area contributed by atoms with Gasteiger partial charge in [-0.2, -0.15) is 0 Å². The second-order valence-corrected chi connectivity index (χ2v) is 8.10. The average molecular weight is 348 g/mol. The Kier molecular flexibility index (Phi) is 4.47. The predicted molar refractivity (Wildman–Crippen MR) is 91.7 cm³/mol. The first-order valence-corrected chi connectivity index (χ1v) is 8.74. The summed E-state index contributed by atoms with van der Waals surface area (Å²) in [7, 11) is 0. The van der Waals surface area contributed by atoms with Crippen molar-refractivity contribution >= 4 is 11.9 Å². The molecule has 2 fully saturated rings. The highest BCUT2D eigenvalue weighted by molar-refractivity contribution is 6.07. The first-order valence-electron chi connectivity index (χ1n) is 8.74. The fourth-order valence-electron chi connectivity index (χ4n) is 4.52. The van der Waals surface area contributed by atoms with E-state index in [1.54, 1.807) is 12.1 Å². The van der Waals surface area contributed by atoms with Crippen LogP contribution in [0.1, 0.15) is 40.0 Å². The van der Waals surface area contributed by atoms with Gasteiger partial charge in [-0.25, -0.2) is 9.18 Å². The van der Waals surface area contributed by atoms with Crippen LogP contribution in [0, 0.1) is 17.2 Å². The van der Waals surface area contributed by atoms with Gasteiger partial charge in [-0.05, 0) is 42.7 Å². The molecule has 1 aliphatic carbocycles. The molecule has 1 aromatic carbocycles. The number of imide groups is 1. The lowest BCUT2D eigenvalue weighted by Crippen LogP contribution is -2.54. The molecule has 1 heterocycles. The van der Waals surface area contributed by atoms with Gasteiger partial charge in [0.05, 0.1) is 6.54 Å². The molecule has 1 saturated heterocycles. The molecule has 3 rings (SSSR count). The first kappa shape index (κ1) is 17.7. The van der Waals surface area contributed by atoms with Crippen LogP contribution in [0.2, 0.25) is 0 Å². The van der Waals surface area contributed by atoms with Gasteiger partial charge in [-0.3, -0.25) is 9.69 Å². The minimum absolute atomic E-state index is 0.000282. The normalized spacial score (nSPS) is 28.3. The molecule has 1 N–H and O–H groups in total. The monoisotopic (exact) mass is 348 g/mol. The van der Waals surface area contributed by atoms with Gasteiger partial charge in [0.25, 0.3) is 5.91 Å². The van der Waals surface area contributed by atoms with Gasteiger partial charge in [0.1, 0.15) is 12.1 Å². The number of hydrogen-bond donors (Lipinski definition) is 1. The summed E-state index contributed by atoms with van der Waals surface area (Å²) < 4.78 is 19.0. The number of urea groups is 1. The smallest absolute Gasteiger partial charge is 0.325 e. The summed E-state index contributed by atoms with van der Waals surface area (Å²) in [6.45, 7) is 6.55. The third-order valence-electron chi connectivity index (χ3n) is 5.03. The maximum Gasteiger partial charge on any atom is 0.325 e. The van der Waals surface area contributed by atoms with Gasteiger partial charge < -0.3 is 10.1 Å². The average Bonchev–Trinajstić information content (AvgIpc) is 2.70. The molecule has 0 unspecified atom stereocenters. The Hall–Kier alpha value is -2.11. The van der Waals surface area contributed by atoms with Crippen molar-refractivity contribution in [2.24, 2.45) is 11.3 Å². The Balaban J connectivity index is 1.66. The molecule has 1 aliphatic heterocycles. The van der Waals surface area contributed by atoms with Crippen molar-refractivity contribution in [1.82, 2.24) is 10.2 Å². The molecule has 2 atom stereocenters. The highest BCUT2D eigenvalue weighted by Gasteiger charge is 2.55. The number of nitrogens with zero attached hydrogens (tertiary/aromatic N) is 1. The van der Waals surface area contributed by atoms with Crippen molar-refractivity contribution in [2.75, 3.05) is 13.2 Å². The van der Waals surface area contributed by atoms with E-state index in [-0.39, 0.29) is 36.3 Å². The van der Waals surface area contributed by atoms with Crippen molar-refractivity contribution < 1.29 is 18.7 Å². The summed E-state index contributed by atoms with van der Waals surface area (Å²) in [5.41, 5.74) is -0.809. The summed E-state index contributed by atoms with van der Waals surface area (Å²) in [5, 5.41) is 2.92. The lowest BCUT2D eigenvalue weighted by molar-refractivity contribution is -0.135. The summed E-state index contributed by atoms with van der Waals surface area (Å²) in [5.74, 6) is -0.160. The molecule has 5 nitrogen and oxygen atoms in total. The highest BCUT2D eigenvalue weighted by atomic mass is 19.1. The molecule has 3 amide bonds. The molecular formula is C19H25FN2O3. The number of benzene rings is 1. The van der Waals surface area contributed by atoms with Crippen molar-refractivity contribution in [3.05, 3.63) is 30.1 Å². The second-order valence-electron chi connectivity index (χ2n) is 8.10. The van der Waals surface area contributed by atoms with E-state index >= 15 is 0 Å². The zero-order chi connectivity index (χ0) is 18.2. The second kappa shape index (κ2) is 6.32. The highest BCUT2D eigenvalue weighted by Crippen LogP contribution is 2.46. The van der Waals surface area contributed by atoms with Crippen LogP contribution in [-0.2, 0) is 4.79 Å². The largest absolute Gasteiger partial charge is 0.489 e. The number of carbonyl (C=O) groups excluding carboxylic acids is 2. The van der Waals surface area contributed by atoms with Gasteiger partial charge in [0.2, 0.25) is 0 Å². The lowest BCUT2D eigenvalue weighted by atomic mass is 9.64. The third kappa shape index (κ3) is 3.48. The van der Waals surface area contributed by atoms with Crippen LogP contribution in [0.15, 0.2) is 24.3 Å². The van der Waals surface area contributed by atoms with Gasteiger partial charge >= 0.3 is 6.03 Å². The van der Waals surface area contributed by atoms with Crippen LogP contribution >= 0.6 is 0 Å². The molecule has 136 valence electrons. The van der Waals surface area contributed by atoms with E-state index in [9.17, 15) is 14.0 Å². The number of carbonyl (C=O) groups is 2. The van der Waals surface area contributed by atoms with Crippen LogP contribution in [0.4, 0.5) is 9.18 Å². The molecule has 6 heteroatoms. The summed E-state index contributed by atoms with van der Waals surface area (Å²) >= 11 is 0. The topological polar surface area (TPSA) is 58.6 Å². The molecule has 0 radical (unpaired) electrons. The number of amides is 3. The third-order valence-corrected chi connectivity index (χ3v) is 5.03. The lowest BCUT2D eigenvalue weighted by Gasteiger charge is -2.43. The zero-order valence-corrected chi connectivity index (χ0v) is 15.0. The van der Waals surface area contributed by atoms with Crippen molar-refractivity contribution in [3.63, 3.8) is 0 Å². The van der Waals surface area contributed by atoms with Gasteiger partial charge in [-0.1, -0.05) is 32.9 Å². The van der Waals surface area contributed by atoms with Gasteiger partial charge in [0.15, 0.2) is 11.6 Å². The van der Waals surface area contributed by atoms with Crippen LogP contribution < -0.4 is 10.1 Å². The summed E-state index contributed by atoms with van der Waals surface area (Å²) in [4.78, 5) is 26.5. The Morgan fingerprint density at radius 3 is 2.68 bits per heavy atom. The molecule has 0 bridgehead atoms. The Bertz CT molecular complexity index is 691. The predicted octanol–water partition coefficient (Wildman–Crippen LogP) is 3.34. The van der Waals surface area contributed by atoms with E-state index in [0.29, 0.717) is 18.8 Å². The van der Waals surface area contributed by atoms with Gasteiger partial charge in [0, 0.05) is 0 Å². The Labute approximate surface area is 147 Å². The molecule has 1 saturated carbocycles. The molecule has 2 aliphatic rings. The summed E-state index contributed by atoms with van der Waals surface area (Å²) in [6, 6.07) is 5.70. The molecule has 25 heavy (non-hydrogen) atoms. The minimum atomic E-state index is -0.809. The SMILES string of the molecule is C[C@H]1CC(C)(C)C[C@@]2(C1)NC(=O)N(CCOc1ccccc1F)C2=O. The number of para-hydroxylation sites is 1. The molecule has 0 aromatic heterocycles. The number of hydrogen-bond acceptors (Lipinski definition) is 3. The number of halogens is 1. The fourth-order valence-corrected chi connectivity index (χ4v) is 4.52. The zero-order valence-electron chi connectivity index (χ0n) is 15.0. The number of ether oxygens (including phenoxy) is 1. The molecular weight excluding hydrogens is 323 g/mol. The number of rotatable bonds is 4. The Morgan fingerprint density at radius 1 is 1.28 bits per heavy atom. The van der Waals surface area contributed by atoms with Crippen molar-refractivity contribution in [2.45, 2.75) is 45.6 Å². The summed E-state index contributed by atoms with van der Waals surface area (Å²) in [6.07, 6.45) is 2.33. The standard InChI is InChI=1S/C19H25FN2O3/c1-13-10-18(2,3)12-19(11-13)16(23)22(17(24)21-19)8-9-25-15-7-5-4-6-14(15)20/h4-7,13H,8-12H2,1-3H3,(H,21,24)/t13-,19+/m0/s1. The maximum absolute atomic E-state index is 13.6. The maximum atomic E-state index is 13.6. The number of nitrogens with one attached hydrogen (secondary N) is 1. The first-order chi connectivity index (χ1) is 11.7. The van der Waals surface area contributed by atoms with Gasteiger partial charge in [-0.15, -0.1) is 0 Å². The fraction of sp³-hybridized carbons (Fsp3) is 0.579. The van der Waals surface area contributed by atoms with Crippen molar-refractivity contribution in [1.29, 1.82) is 0 Å². The van der Waals surface area contributed by atoms with E-state index in [1.165, 1.54) is 17.0 Å². The van der Waals surface area contributed by atoms with Crippen LogP contribution in [0.3, 0.4) is 0 Å². The van der Waals surface area contributed by atoms with Crippen LogP contribution in [0.25, 0.3) is 0 Å². The van der Waals surface area contributed by atoms with Crippen molar-refractivity contribution in [3.8, 4) is 5.75 Å². The van der Waals surface area contributed by atoms with E-state index in [2.05, 4.69) is 26.1 Å².